The lowest BCUT2D eigenvalue weighted by atomic mass is 10.0. The predicted molar refractivity (Wildman–Crippen MR) is 80.4 cm³/mol. The van der Waals surface area contributed by atoms with Gasteiger partial charge in [-0.05, 0) is 25.0 Å². The molecule has 0 aliphatic heterocycles. The summed E-state index contributed by atoms with van der Waals surface area (Å²) in [5.41, 5.74) is 5.78. The maximum absolute atomic E-state index is 12.3. The summed E-state index contributed by atoms with van der Waals surface area (Å²) in [5, 5.41) is 14.1. The molecule has 2 unspecified atom stereocenters. The van der Waals surface area contributed by atoms with Crippen molar-refractivity contribution in [3.05, 3.63) is 38.9 Å². The number of carbonyl (C=O) groups excluding carboxylic acids is 1. The first-order chi connectivity index (χ1) is 9.99. The van der Waals surface area contributed by atoms with Crippen LogP contribution >= 0.6 is 11.6 Å². The van der Waals surface area contributed by atoms with Gasteiger partial charge in [0.1, 0.15) is 5.56 Å². The highest BCUT2D eigenvalue weighted by atomic mass is 35.5. The zero-order valence-electron chi connectivity index (χ0n) is 11.5. The molecule has 1 fully saturated rings. The number of halogens is 1. The van der Waals surface area contributed by atoms with Gasteiger partial charge in [-0.2, -0.15) is 0 Å². The Hall–Kier alpha value is -1.66. The first-order valence-electron chi connectivity index (χ1n) is 6.99. The standard InChI is InChI=1S/C14H18ClN3O3/c15-9-6-7-10(13(8-9)18(20)21)14(19)17-12-5-3-1-2-4-11(12)16/h6-8,11-12H,1-5,16H2,(H,17,19). The van der Waals surface area contributed by atoms with Crippen LogP contribution < -0.4 is 11.1 Å². The van der Waals surface area contributed by atoms with E-state index in [-0.39, 0.29) is 28.4 Å². The third-order valence-electron chi connectivity index (χ3n) is 3.79. The minimum Gasteiger partial charge on any atom is -0.348 e. The van der Waals surface area contributed by atoms with Crippen molar-refractivity contribution in [1.29, 1.82) is 0 Å². The van der Waals surface area contributed by atoms with Gasteiger partial charge < -0.3 is 11.1 Å². The van der Waals surface area contributed by atoms with Crippen molar-refractivity contribution in [2.24, 2.45) is 5.73 Å². The number of nitrogens with one attached hydrogen (secondary N) is 1. The molecule has 7 heteroatoms. The van der Waals surface area contributed by atoms with Gasteiger partial charge >= 0.3 is 0 Å². The second-order valence-electron chi connectivity index (χ2n) is 5.30. The summed E-state index contributed by atoms with van der Waals surface area (Å²) in [7, 11) is 0. The van der Waals surface area contributed by atoms with Gasteiger partial charge in [0, 0.05) is 23.2 Å². The zero-order chi connectivity index (χ0) is 15.4. The smallest absolute Gasteiger partial charge is 0.283 e. The third-order valence-corrected chi connectivity index (χ3v) is 4.02. The van der Waals surface area contributed by atoms with Gasteiger partial charge in [-0.25, -0.2) is 0 Å². The molecule has 1 saturated carbocycles. The number of benzene rings is 1. The largest absolute Gasteiger partial charge is 0.348 e. The van der Waals surface area contributed by atoms with E-state index in [2.05, 4.69) is 5.32 Å². The fourth-order valence-electron chi connectivity index (χ4n) is 2.61. The minimum absolute atomic E-state index is 0.0147. The lowest BCUT2D eigenvalue weighted by molar-refractivity contribution is -0.385. The van der Waals surface area contributed by atoms with Crippen LogP contribution in [-0.4, -0.2) is 22.9 Å². The number of nitrogens with zero attached hydrogens (tertiary/aromatic N) is 1. The third kappa shape index (κ3) is 3.92. The second-order valence-corrected chi connectivity index (χ2v) is 5.74. The van der Waals surface area contributed by atoms with Crippen LogP contribution in [0.2, 0.25) is 5.02 Å². The molecule has 21 heavy (non-hydrogen) atoms. The maximum atomic E-state index is 12.3. The Bertz CT molecular complexity index is 550. The summed E-state index contributed by atoms with van der Waals surface area (Å²) in [6, 6.07) is 3.77. The summed E-state index contributed by atoms with van der Waals surface area (Å²) in [4.78, 5) is 22.7. The van der Waals surface area contributed by atoms with Crippen molar-refractivity contribution in [1.82, 2.24) is 5.32 Å². The highest BCUT2D eigenvalue weighted by Gasteiger charge is 2.26. The Morgan fingerprint density at radius 1 is 1.33 bits per heavy atom. The number of carbonyl (C=O) groups is 1. The van der Waals surface area contributed by atoms with Gasteiger partial charge in [0.05, 0.1) is 4.92 Å². The molecular weight excluding hydrogens is 294 g/mol. The summed E-state index contributed by atoms with van der Waals surface area (Å²) in [6.07, 6.45) is 4.80. The fourth-order valence-corrected chi connectivity index (χ4v) is 2.78. The monoisotopic (exact) mass is 311 g/mol. The minimum atomic E-state index is -0.603. The van der Waals surface area contributed by atoms with Crippen LogP contribution in [-0.2, 0) is 0 Å². The number of amides is 1. The quantitative estimate of drug-likeness (QED) is 0.509. The van der Waals surface area contributed by atoms with E-state index < -0.39 is 10.8 Å². The number of hydrogen-bond donors (Lipinski definition) is 2. The van der Waals surface area contributed by atoms with Crippen LogP contribution in [0.1, 0.15) is 42.5 Å². The van der Waals surface area contributed by atoms with E-state index in [1.165, 1.54) is 18.2 Å². The van der Waals surface area contributed by atoms with Crippen molar-refractivity contribution < 1.29 is 9.72 Å². The molecular formula is C14H18ClN3O3. The number of nitrogens with two attached hydrogens (primary N) is 1. The summed E-state index contributed by atoms with van der Waals surface area (Å²) in [5.74, 6) is -0.472. The molecule has 1 aromatic rings. The van der Waals surface area contributed by atoms with Gasteiger partial charge in [0.15, 0.2) is 0 Å². The van der Waals surface area contributed by atoms with Gasteiger partial charge in [-0.1, -0.05) is 30.9 Å². The van der Waals surface area contributed by atoms with Crippen molar-refractivity contribution >= 4 is 23.2 Å². The van der Waals surface area contributed by atoms with E-state index in [1.807, 2.05) is 0 Å². The molecule has 0 heterocycles. The highest BCUT2D eigenvalue weighted by Crippen LogP contribution is 2.24. The lowest BCUT2D eigenvalue weighted by Crippen LogP contribution is -2.47. The van der Waals surface area contributed by atoms with Crippen LogP contribution in [0.5, 0.6) is 0 Å². The van der Waals surface area contributed by atoms with E-state index in [0.717, 1.165) is 32.1 Å². The average molecular weight is 312 g/mol. The predicted octanol–water partition coefficient (Wildman–Crippen LogP) is 2.64. The SMILES string of the molecule is NC1CCCCCC1NC(=O)c1ccc(Cl)cc1[N+](=O)[O-]. The van der Waals surface area contributed by atoms with E-state index in [0.29, 0.717) is 0 Å². The topological polar surface area (TPSA) is 98.3 Å². The molecule has 0 saturated heterocycles. The number of rotatable bonds is 3. The van der Waals surface area contributed by atoms with Gasteiger partial charge in [-0.15, -0.1) is 0 Å². The molecule has 0 spiro atoms. The van der Waals surface area contributed by atoms with Crippen LogP contribution in [0, 0.1) is 10.1 Å². The second kappa shape index (κ2) is 6.87. The summed E-state index contributed by atoms with van der Waals surface area (Å²) < 4.78 is 0. The molecule has 0 radical (unpaired) electrons. The Balaban J connectivity index is 2.18. The van der Waals surface area contributed by atoms with Crippen LogP contribution in [0.25, 0.3) is 0 Å². The highest BCUT2D eigenvalue weighted by molar-refractivity contribution is 6.31. The number of nitro groups is 1. The average Bonchev–Trinajstić information content (AvgIpc) is 2.64. The van der Waals surface area contributed by atoms with Crippen molar-refractivity contribution in [2.75, 3.05) is 0 Å². The first kappa shape index (κ1) is 15.7. The molecule has 2 atom stereocenters. The molecule has 0 aromatic heterocycles. The lowest BCUT2D eigenvalue weighted by Gasteiger charge is -2.22. The number of nitro benzene ring substituents is 1. The van der Waals surface area contributed by atoms with Crippen LogP contribution in [0.4, 0.5) is 5.69 Å². The van der Waals surface area contributed by atoms with E-state index in [4.69, 9.17) is 17.3 Å². The maximum Gasteiger partial charge on any atom is 0.283 e. The summed E-state index contributed by atoms with van der Waals surface area (Å²) >= 11 is 5.75. The molecule has 1 aliphatic rings. The summed E-state index contributed by atoms with van der Waals surface area (Å²) in [6.45, 7) is 0. The zero-order valence-corrected chi connectivity index (χ0v) is 12.3. The molecule has 1 aromatic carbocycles. The van der Waals surface area contributed by atoms with Crippen molar-refractivity contribution in [2.45, 2.75) is 44.2 Å². The van der Waals surface area contributed by atoms with Gasteiger partial charge in [0.2, 0.25) is 0 Å². The Labute approximate surface area is 127 Å². The van der Waals surface area contributed by atoms with E-state index in [1.54, 1.807) is 0 Å². The normalized spacial score (nSPS) is 22.4. The molecule has 6 nitrogen and oxygen atoms in total. The first-order valence-corrected chi connectivity index (χ1v) is 7.37. The molecule has 1 amide bonds. The Morgan fingerprint density at radius 2 is 2.05 bits per heavy atom. The fraction of sp³-hybridized carbons (Fsp3) is 0.500. The van der Waals surface area contributed by atoms with Crippen molar-refractivity contribution in [3.8, 4) is 0 Å². The van der Waals surface area contributed by atoms with Gasteiger partial charge in [-0.3, -0.25) is 14.9 Å². The van der Waals surface area contributed by atoms with Gasteiger partial charge in [0.25, 0.3) is 11.6 Å². The molecule has 2 rings (SSSR count). The van der Waals surface area contributed by atoms with Crippen molar-refractivity contribution in [3.63, 3.8) is 0 Å². The Kier molecular flexibility index (Phi) is 5.14. The van der Waals surface area contributed by atoms with E-state index in [9.17, 15) is 14.9 Å². The number of hydrogen-bond acceptors (Lipinski definition) is 4. The molecule has 0 bridgehead atoms. The molecule has 114 valence electrons. The van der Waals surface area contributed by atoms with Crippen LogP contribution in [0.3, 0.4) is 0 Å². The van der Waals surface area contributed by atoms with E-state index >= 15 is 0 Å². The molecule has 1 aliphatic carbocycles. The Morgan fingerprint density at radius 3 is 2.76 bits per heavy atom. The molecule has 3 N–H and O–H groups in total. The van der Waals surface area contributed by atoms with Crippen LogP contribution in [0.15, 0.2) is 18.2 Å².